The molecule has 102 valence electrons. The highest BCUT2D eigenvalue weighted by Gasteiger charge is 2.28. The van der Waals surface area contributed by atoms with Crippen molar-refractivity contribution in [2.45, 2.75) is 32.2 Å². The first-order valence-corrected chi connectivity index (χ1v) is 6.20. The Morgan fingerprint density at radius 3 is 2.68 bits per heavy atom. The van der Waals surface area contributed by atoms with Crippen molar-refractivity contribution in [1.82, 2.24) is 0 Å². The maximum atomic E-state index is 11.7. The summed E-state index contributed by atoms with van der Waals surface area (Å²) in [7, 11) is 0. The van der Waals surface area contributed by atoms with Crippen LogP contribution in [-0.4, -0.2) is 30.9 Å². The molecule has 1 saturated heterocycles. The van der Waals surface area contributed by atoms with Gasteiger partial charge in [-0.25, -0.2) is 4.79 Å². The maximum absolute atomic E-state index is 11.7. The van der Waals surface area contributed by atoms with Crippen molar-refractivity contribution in [2.75, 3.05) is 6.61 Å². The molecule has 0 aromatic heterocycles. The van der Waals surface area contributed by atoms with E-state index in [1.807, 2.05) is 6.07 Å². The Labute approximate surface area is 111 Å². The molecule has 0 radical (unpaired) electrons. The van der Waals surface area contributed by atoms with Crippen LogP contribution in [0.5, 0.6) is 0 Å². The summed E-state index contributed by atoms with van der Waals surface area (Å²) < 4.78 is 15.5. The van der Waals surface area contributed by atoms with E-state index in [1.54, 1.807) is 24.3 Å². The van der Waals surface area contributed by atoms with E-state index in [0.717, 1.165) is 0 Å². The van der Waals surface area contributed by atoms with Crippen LogP contribution in [0.4, 0.5) is 0 Å². The molecule has 5 heteroatoms. The van der Waals surface area contributed by atoms with Crippen molar-refractivity contribution in [3.8, 4) is 0 Å². The summed E-state index contributed by atoms with van der Waals surface area (Å²) in [5.74, 6) is -0.743. The third-order valence-electron chi connectivity index (χ3n) is 2.78. The first kappa shape index (κ1) is 13.5. The lowest BCUT2D eigenvalue weighted by Crippen LogP contribution is -2.21. The highest BCUT2D eigenvalue weighted by Crippen LogP contribution is 2.21. The van der Waals surface area contributed by atoms with Gasteiger partial charge in [0.15, 0.2) is 0 Å². The van der Waals surface area contributed by atoms with Gasteiger partial charge < -0.3 is 14.2 Å². The predicted octanol–water partition coefficient (Wildman–Crippen LogP) is 1.91. The number of carbonyl (C=O) groups is 2. The van der Waals surface area contributed by atoms with Gasteiger partial charge in [-0.2, -0.15) is 0 Å². The number of esters is 2. The third kappa shape index (κ3) is 4.06. The molecule has 5 nitrogen and oxygen atoms in total. The minimum Gasteiger partial charge on any atom is -0.459 e. The highest BCUT2D eigenvalue weighted by atomic mass is 16.7. The minimum absolute atomic E-state index is 0.172. The molecule has 0 amide bonds. The maximum Gasteiger partial charge on any atom is 0.338 e. The Bertz CT molecular complexity index is 442. The molecule has 2 atom stereocenters. The fraction of sp³-hybridized carbons (Fsp3) is 0.429. The Kier molecular flexibility index (Phi) is 4.52. The molecule has 1 heterocycles. The average Bonchev–Trinajstić information content (AvgIpc) is 2.84. The second kappa shape index (κ2) is 6.33. The topological polar surface area (TPSA) is 61.8 Å². The first-order chi connectivity index (χ1) is 9.15. The number of rotatable bonds is 4. The third-order valence-corrected chi connectivity index (χ3v) is 2.78. The van der Waals surface area contributed by atoms with Crippen LogP contribution in [0.3, 0.4) is 0 Å². The summed E-state index contributed by atoms with van der Waals surface area (Å²) in [4.78, 5) is 22.5. The second-order valence-electron chi connectivity index (χ2n) is 4.34. The monoisotopic (exact) mass is 264 g/mol. The van der Waals surface area contributed by atoms with Gasteiger partial charge in [0.05, 0.1) is 11.7 Å². The lowest BCUT2D eigenvalue weighted by Gasteiger charge is -2.13. The quantitative estimate of drug-likeness (QED) is 0.777. The summed E-state index contributed by atoms with van der Waals surface area (Å²) in [6, 6.07) is 8.78. The van der Waals surface area contributed by atoms with Crippen molar-refractivity contribution in [3.63, 3.8) is 0 Å². The van der Waals surface area contributed by atoms with Gasteiger partial charge in [0.2, 0.25) is 6.29 Å². The molecule has 0 aliphatic carbocycles. The molecule has 1 aliphatic heterocycles. The smallest absolute Gasteiger partial charge is 0.338 e. The molecular weight excluding hydrogens is 248 g/mol. The molecule has 1 fully saturated rings. The first-order valence-electron chi connectivity index (χ1n) is 6.20. The Morgan fingerprint density at radius 1 is 1.26 bits per heavy atom. The summed E-state index contributed by atoms with van der Waals surface area (Å²) in [6.07, 6.45) is 0.614. The van der Waals surface area contributed by atoms with Gasteiger partial charge in [-0.15, -0.1) is 0 Å². The molecule has 1 aliphatic rings. The average molecular weight is 264 g/mol. The Hall–Kier alpha value is -1.88. The number of hydrogen-bond donors (Lipinski definition) is 0. The zero-order valence-corrected chi connectivity index (χ0v) is 10.7. The van der Waals surface area contributed by atoms with Crippen molar-refractivity contribution < 1.29 is 23.8 Å². The van der Waals surface area contributed by atoms with E-state index in [4.69, 9.17) is 14.2 Å². The van der Waals surface area contributed by atoms with Gasteiger partial charge in [0.25, 0.3) is 0 Å². The van der Waals surface area contributed by atoms with E-state index >= 15 is 0 Å². The molecule has 2 rings (SSSR count). The van der Waals surface area contributed by atoms with E-state index in [-0.39, 0.29) is 24.6 Å². The highest BCUT2D eigenvalue weighted by molar-refractivity contribution is 5.89. The van der Waals surface area contributed by atoms with E-state index < -0.39 is 6.29 Å². The van der Waals surface area contributed by atoms with Crippen molar-refractivity contribution in [2.24, 2.45) is 0 Å². The lowest BCUT2D eigenvalue weighted by molar-refractivity contribution is -0.174. The van der Waals surface area contributed by atoms with Crippen molar-refractivity contribution in [1.29, 1.82) is 0 Å². The second-order valence-corrected chi connectivity index (χ2v) is 4.34. The standard InChI is InChI=1S/C14H16O5/c1-10(15)18-13-8-7-12(19-13)9-17-14(16)11-5-3-2-4-6-11/h2-6,12-13H,7-9H2,1H3/t12-,13?/m1/s1. The zero-order valence-electron chi connectivity index (χ0n) is 10.7. The van der Waals surface area contributed by atoms with Crippen LogP contribution in [-0.2, 0) is 19.0 Å². The fourth-order valence-corrected chi connectivity index (χ4v) is 1.89. The minimum atomic E-state index is -0.516. The van der Waals surface area contributed by atoms with Crippen LogP contribution in [0, 0.1) is 0 Å². The number of carbonyl (C=O) groups excluding carboxylic acids is 2. The fourth-order valence-electron chi connectivity index (χ4n) is 1.89. The largest absolute Gasteiger partial charge is 0.459 e. The van der Waals surface area contributed by atoms with Crippen LogP contribution in [0.2, 0.25) is 0 Å². The van der Waals surface area contributed by atoms with Crippen LogP contribution in [0.25, 0.3) is 0 Å². The Balaban J connectivity index is 1.75. The number of benzene rings is 1. The van der Waals surface area contributed by atoms with Crippen molar-refractivity contribution >= 4 is 11.9 Å². The van der Waals surface area contributed by atoms with Crippen LogP contribution in [0.15, 0.2) is 30.3 Å². The summed E-state index contributed by atoms with van der Waals surface area (Å²) in [5.41, 5.74) is 0.511. The zero-order chi connectivity index (χ0) is 13.7. The van der Waals surface area contributed by atoms with Crippen LogP contribution >= 0.6 is 0 Å². The molecule has 0 spiro atoms. The molecule has 0 saturated carbocycles. The van der Waals surface area contributed by atoms with Gasteiger partial charge in [0.1, 0.15) is 6.61 Å². The van der Waals surface area contributed by atoms with Crippen molar-refractivity contribution in [3.05, 3.63) is 35.9 Å². The molecule has 1 unspecified atom stereocenters. The van der Waals surface area contributed by atoms with E-state index in [9.17, 15) is 9.59 Å². The molecule has 0 bridgehead atoms. The molecular formula is C14H16O5. The van der Waals surface area contributed by atoms with Gasteiger partial charge >= 0.3 is 11.9 Å². The number of ether oxygens (including phenoxy) is 3. The molecule has 19 heavy (non-hydrogen) atoms. The number of hydrogen-bond acceptors (Lipinski definition) is 5. The van der Waals surface area contributed by atoms with Crippen LogP contribution in [0.1, 0.15) is 30.1 Å². The van der Waals surface area contributed by atoms with E-state index in [1.165, 1.54) is 6.92 Å². The summed E-state index contributed by atoms with van der Waals surface area (Å²) >= 11 is 0. The predicted molar refractivity (Wildman–Crippen MR) is 66.4 cm³/mol. The molecule has 1 aromatic rings. The van der Waals surface area contributed by atoms with E-state index in [2.05, 4.69) is 0 Å². The van der Waals surface area contributed by atoms with Gasteiger partial charge in [-0.1, -0.05) is 18.2 Å². The summed E-state index contributed by atoms with van der Waals surface area (Å²) in [6.45, 7) is 1.51. The summed E-state index contributed by atoms with van der Waals surface area (Å²) in [5, 5.41) is 0. The SMILES string of the molecule is CC(=O)OC1CC[C@H](COC(=O)c2ccccc2)O1. The van der Waals surface area contributed by atoms with E-state index in [0.29, 0.717) is 18.4 Å². The Morgan fingerprint density at radius 2 is 2.00 bits per heavy atom. The van der Waals surface area contributed by atoms with Gasteiger partial charge in [-0.3, -0.25) is 4.79 Å². The molecule has 0 N–H and O–H groups in total. The lowest BCUT2D eigenvalue weighted by atomic mass is 10.2. The van der Waals surface area contributed by atoms with Gasteiger partial charge in [0, 0.05) is 13.3 Å². The molecule has 1 aromatic carbocycles. The van der Waals surface area contributed by atoms with Crippen LogP contribution < -0.4 is 0 Å². The normalized spacial score (nSPS) is 21.9. The van der Waals surface area contributed by atoms with Gasteiger partial charge in [-0.05, 0) is 18.6 Å².